The summed E-state index contributed by atoms with van der Waals surface area (Å²) in [5.41, 5.74) is 7.07. The van der Waals surface area contributed by atoms with Gasteiger partial charge in [0.2, 0.25) is 5.91 Å². The Morgan fingerprint density at radius 1 is 1.47 bits per heavy atom. The number of nitrogens with two attached hydrogens (primary N) is 1. The van der Waals surface area contributed by atoms with E-state index in [0.717, 1.165) is 12.1 Å². The van der Waals surface area contributed by atoms with Crippen LogP contribution in [-0.4, -0.2) is 16.4 Å². The van der Waals surface area contributed by atoms with Crippen molar-refractivity contribution in [3.05, 3.63) is 24.3 Å². The number of amides is 1. The molecule has 2 atom stereocenters. The van der Waals surface area contributed by atoms with Gasteiger partial charge >= 0.3 is 0 Å². The Kier molecular flexibility index (Phi) is 5.35. The lowest BCUT2D eigenvalue weighted by atomic mass is 10.3. The van der Waals surface area contributed by atoms with E-state index in [1.807, 2.05) is 19.1 Å². The number of nitrogen functional groups attached to an aromatic ring is 1. The van der Waals surface area contributed by atoms with Crippen molar-refractivity contribution in [3.8, 4) is 0 Å². The summed E-state index contributed by atoms with van der Waals surface area (Å²) in [5, 5.41) is 3.32. The number of benzene rings is 1. The smallest absolute Gasteiger partial charge is 0.237 e. The third kappa shape index (κ3) is 4.69. The zero-order valence-corrected chi connectivity index (χ0v) is 11.4. The quantitative estimate of drug-likeness (QED) is 0.792. The summed E-state index contributed by atoms with van der Waals surface area (Å²) in [6.45, 7) is 6.19. The molecule has 17 heavy (non-hydrogen) atoms. The summed E-state index contributed by atoms with van der Waals surface area (Å²) in [6, 6.07) is 7.23. The minimum absolute atomic E-state index is 0.0286. The van der Waals surface area contributed by atoms with Crippen molar-refractivity contribution >= 4 is 29.0 Å². The maximum absolute atomic E-state index is 11.9. The predicted molar refractivity (Wildman–Crippen MR) is 76.3 cm³/mol. The van der Waals surface area contributed by atoms with Crippen LogP contribution in [-0.2, 0) is 4.79 Å². The van der Waals surface area contributed by atoms with Crippen LogP contribution in [0.4, 0.5) is 11.4 Å². The molecule has 0 radical (unpaired) electrons. The summed E-state index contributed by atoms with van der Waals surface area (Å²) in [5.74, 6) is 0.0286. The molecule has 1 amide bonds. The van der Waals surface area contributed by atoms with Crippen molar-refractivity contribution in [2.45, 2.75) is 37.7 Å². The Morgan fingerprint density at radius 3 is 2.76 bits per heavy atom. The first-order valence-corrected chi connectivity index (χ1v) is 6.79. The molecule has 1 aromatic carbocycles. The van der Waals surface area contributed by atoms with E-state index >= 15 is 0 Å². The number of carbonyl (C=O) groups is 1. The van der Waals surface area contributed by atoms with Crippen molar-refractivity contribution in [1.29, 1.82) is 0 Å². The lowest BCUT2D eigenvalue weighted by Crippen LogP contribution is -2.24. The molecular formula is C13H20N2OS. The molecule has 0 aromatic heterocycles. The monoisotopic (exact) mass is 252 g/mol. The summed E-state index contributed by atoms with van der Waals surface area (Å²) >= 11 is 1.69. The molecule has 1 rings (SSSR count). The van der Waals surface area contributed by atoms with E-state index in [2.05, 4.69) is 19.2 Å². The number of nitrogens with one attached hydrogen (secondary N) is 1. The highest BCUT2D eigenvalue weighted by atomic mass is 32.2. The summed E-state index contributed by atoms with van der Waals surface area (Å²) < 4.78 is 0. The van der Waals surface area contributed by atoms with E-state index < -0.39 is 0 Å². The molecular weight excluding hydrogens is 232 g/mol. The fraction of sp³-hybridized carbons (Fsp3) is 0.462. The van der Waals surface area contributed by atoms with Crippen LogP contribution in [0.1, 0.15) is 27.2 Å². The topological polar surface area (TPSA) is 55.1 Å². The van der Waals surface area contributed by atoms with Crippen molar-refractivity contribution in [2.24, 2.45) is 0 Å². The first-order valence-electron chi connectivity index (χ1n) is 5.84. The summed E-state index contributed by atoms with van der Waals surface area (Å²) in [6.07, 6.45) is 1.07. The molecule has 4 heteroatoms. The molecule has 0 aliphatic rings. The van der Waals surface area contributed by atoms with Crippen LogP contribution in [0.2, 0.25) is 0 Å². The van der Waals surface area contributed by atoms with Gasteiger partial charge in [0, 0.05) is 16.6 Å². The molecule has 0 saturated heterocycles. The highest BCUT2D eigenvalue weighted by Gasteiger charge is 2.16. The zero-order chi connectivity index (χ0) is 12.8. The van der Waals surface area contributed by atoms with Crippen molar-refractivity contribution in [1.82, 2.24) is 0 Å². The number of anilines is 2. The predicted octanol–water partition coefficient (Wildman–Crippen LogP) is 3.13. The average Bonchev–Trinajstić information content (AvgIpc) is 2.28. The van der Waals surface area contributed by atoms with Gasteiger partial charge in [-0.2, -0.15) is 0 Å². The Labute approximate surface area is 107 Å². The second-order valence-corrected chi connectivity index (χ2v) is 5.90. The molecule has 0 spiro atoms. The molecule has 0 aliphatic carbocycles. The number of carbonyl (C=O) groups excluding carboxylic acids is 1. The Bertz CT molecular complexity index is 381. The number of hydrogen-bond acceptors (Lipinski definition) is 3. The lowest BCUT2D eigenvalue weighted by Gasteiger charge is -2.15. The van der Waals surface area contributed by atoms with Crippen LogP contribution in [0.5, 0.6) is 0 Å². The van der Waals surface area contributed by atoms with Gasteiger partial charge in [0.25, 0.3) is 0 Å². The maximum Gasteiger partial charge on any atom is 0.237 e. The lowest BCUT2D eigenvalue weighted by molar-refractivity contribution is -0.115. The van der Waals surface area contributed by atoms with Crippen LogP contribution in [0, 0.1) is 0 Å². The van der Waals surface area contributed by atoms with Gasteiger partial charge in [-0.05, 0) is 31.5 Å². The van der Waals surface area contributed by atoms with Gasteiger partial charge in [0.15, 0.2) is 0 Å². The Hall–Kier alpha value is -1.16. The van der Waals surface area contributed by atoms with Crippen LogP contribution in [0.25, 0.3) is 0 Å². The fourth-order valence-electron chi connectivity index (χ4n) is 1.37. The van der Waals surface area contributed by atoms with Crippen molar-refractivity contribution in [3.63, 3.8) is 0 Å². The summed E-state index contributed by atoms with van der Waals surface area (Å²) in [4.78, 5) is 11.9. The molecule has 0 heterocycles. The summed E-state index contributed by atoms with van der Waals surface area (Å²) in [7, 11) is 0. The molecule has 3 nitrogen and oxygen atoms in total. The largest absolute Gasteiger partial charge is 0.399 e. The van der Waals surface area contributed by atoms with Crippen LogP contribution >= 0.6 is 11.8 Å². The van der Waals surface area contributed by atoms with Gasteiger partial charge in [-0.25, -0.2) is 0 Å². The molecule has 0 saturated carbocycles. The van der Waals surface area contributed by atoms with Gasteiger partial charge in [0.1, 0.15) is 0 Å². The van der Waals surface area contributed by atoms with Crippen molar-refractivity contribution in [2.75, 3.05) is 11.1 Å². The van der Waals surface area contributed by atoms with Gasteiger partial charge in [-0.3, -0.25) is 4.79 Å². The van der Waals surface area contributed by atoms with Crippen LogP contribution in [0.3, 0.4) is 0 Å². The standard InChI is InChI=1S/C13H20N2OS/c1-4-9(2)17-10(3)13(16)15-12-7-5-6-11(14)8-12/h5-10H,4,14H2,1-3H3,(H,15,16). The Morgan fingerprint density at radius 2 is 2.18 bits per heavy atom. The third-order valence-electron chi connectivity index (χ3n) is 2.53. The number of rotatable bonds is 5. The van der Waals surface area contributed by atoms with E-state index in [-0.39, 0.29) is 11.2 Å². The molecule has 0 aliphatic heterocycles. The second kappa shape index (κ2) is 6.55. The van der Waals surface area contributed by atoms with Gasteiger partial charge < -0.3 is 11.1 Å². The molecule has 2 unspecified atom stereocenters. The van der Waals surface area contributed by atoms with E-state index in [1.165, 1.54) is 0 Å². The fourth-order valence-corrected chi connectivity index (χ4v) is 2.44. The van der Waals surface area contributed by atoms with Gasteiger partial charge in [-0.15, -0.1) is 11.8 Å². The molecule has 3 N–H and O–H groups in total. The van der Waals surface area contributed by atoms with E-state index in [9.17, 15) is 4.79 Å². The number of hydrogen-bond donors (Lipinski definition) is 2. The molecule has 0 fully saturated rings. The van der Waals surface area contributed by atoms with Gasteiger partial charge in [-0.1, -0.05) is 19.9 Å². The zero-order valence-electron chi connectivity index (χ0n) is 10.6. The van der Waals surface area contributed by atoms with Crippen LogP contribution < -0.4 is 11.1 Å². The van der Waals surface area contributed by atoms with Crippen LogP contribution in [0.15, 0.2) is 24.3 Å². The second-order valence-electron chi connectivity index (χ2n) is 4.11. The van der Waals surface area contributed by atoms with Crippen molar-refractivity contribution < 1.29 is 4.79 Å². The highest BCUT2D eigenvalue weighted by molar-refractivity contribution is 8.01. The van der Waals surface area contributed by atoms with Gasteiger partial charge in [0.05, 0.1) is 5.25 Å². The van der Waals surface area contributed by atoms with E-state index in [1.54, 1.807) is 23.9 Å². The average molecular weight is 252 g/mol. The first kappa shape index (κ1) is 13.9. The van der Waals surface area contributed by atoms with E-state index in [4.69, 9.17) is 5.73 Å². The molecule has 94 valence electrons. The first-order chi connectivity index (χ1) is 8.02. The SMILES string of the molecule is CCC(C)SC(C)C(=O)Nc1cccc(N)c1. The molecule has 1 aromatic rings. The normalized spacial score (nSPS) is 14.1. The minimum atomic E-state index is -0.0496. The number of thioether (sulfide) groups is 1. The highest BCUT2D eigenvalue weighted by Crippen LogP contribution is 2.21. The molecule has 0 bridgehead atoms. The Balaban J connectivity index is 2.54. The van der Waals surface area contributed by atoms with E-state index in [0.29, 0.717) is 10.9 Å². The third-order valence-corrected chi connectivity index (χ3v) is 3.96. The maximum atomic E-state index is 11.9. The minimum Gasteiger partial charge on any atom is -0.399 e.